The molecule has 0 spiro atoms. The Morgan fingerprint density at radius 1 is 1.00 bits per heavy atom. The van der Waals surface area contributed by atoms with Crippen LogP contribution in [0.3, 0.4) is 0 Å². The van der Waals surface area contributed by atoms with Crippen molar-refractivity contribution in [1.82, 2.24) is 0 Å². The third-order valence-electron chi connectivity index (χ3n) is 6.28. The summed E-state index contributed by atoms with van der Waals surface area (Å²) in [6, 6.07) is 22.9. The van der Waals surface area contributed by atoms with Crippen molar-refractivity contribution >= 4 is 0 Å². The quantitative estimate of drug-likeness (QED) is 0.507. The Hall–Kier alpha value is -3.94. The van der Waals surface area contributed by atoms with Crippen LogP contribution in [0.25, 0.3) is 0 Å². The van der Waals surface area contributed by atoms with Gasteiger partial charge in [0, 0.05) is 10.8 Å². The van der Waals surface area contributed by atoms with Crippen LogP contribution < -0.4 is 0 Å². The summed E-state index contributed by atoms with van der Waals surface area (Å²) in [5.74, 6) is -1.96. The summed E-state index contributed by atoms with van der Waals surface area (Å²) in [6.45, 7) is 0. The van der Waals surface area contributed by atoms with Gasteiger partial charge in [0.1, 0.15) is 11.7 Å². The minimum absolute atomic E-state index is 0.125. The van der Waals surface area contributed by atoms with Gasteiger partial charge in [0.05, 0.1) is 18.4 Å². The predicted octanol–water partition coefficient (Wildman–Crippen LogP) is 4.12. The fourth-order valence-electron chi connectivity index (χ4n) is 4.88. The van der Waals surface area contributed by atoms with Gasteiger partial charge in [-0.3, -0.25) is 10.1 Å². The molecular formula is C24H19N3O4. The normalized spacial score (nSPS) is 27.0. The highest BCUT2D eigenvalue weighted by Gasteiger charge is 2.68. The van der Waals surface area contributed by atoms with Crippen LogP contribution in [0, 0.1) is 38.2 Å². The summed E-state index contributed by atoms with van der Waals surface area (Å²) in [7, 11) is 0. The maximum Gasteiger partial charge on any atom is 0.257 e. The monoisotopic (exact) mass is 413 g/mol. The first-order valence-electron chi connectivity index (χ1n) is 9.80. The van der Waals surface area contributed by atoms with E-state index in [-0.39, 0.29) is 12.2 Å². The average Bonchev–Trinajstić information content (AvgIpc) is 3.34. The lowest BCUT2D eigenvalue weighted by atomic mass is 9.52. The Labute approximate surface area is 178 Å². The number of hydrogen-bond donors (Lipinski definition) is 1. The Kier molecular flexibility index (Phi) is 5.06. The van der Waals surface area contributed by atoms with Crippen molar-refractivity contribution in [2.45, 2.75) is 29.9 Å². The predicted molar refractivity (Wildman–Crippen MR) is 110 cm³/mol. The Morgan fingerprint density at radius 3 is 2.13 bits per heavy atom. The third-order valence-corrected chi connectivity index (χ3v) is 6.28. The second-order valence-corrected chi connectivity index (χ2v) is 7.77. The zero-order valence-electron chi connectivity index (χ0n) is 16.5. The number of nitriles is 2. The summed E-state index contributed by atoms with van der Waals surface area (Å²) < 4.78 is 5.51. The fraction of sp³-hybridized carbons (Fsp3) is 0.250. The summed E-state index contributed by atoms with van der Waals surface area (Å²) >= 11 is 0. The zero-order chi connectivity index (χ0) is 22.1. The molecule has 0 bridgehead atoms. The molecule has 31 heavy (non-hydrogen) atoms. The van der Waals surface area contributed by atoms with Crippen LogP contribution in [-0.4, -0.2) is 16.1 Å². The van der Waals surface area contributed by atoms with Crippen LogP contribution in [0.1, 0.15) is 35.1 Å². The van der Waals surface area contributed by atoms with Gasteiger partial charge >= 0.3 is 0 Å². The second-order valence-electron chi connectivity index (χ2n) is 7.77. The van der Waals surface area contributed by atoms with Crippen molar-refractivity contribution in [2.75, 3.05) is 0 Å². The molecule has 2 aromatic carbocycles. The summed E-state index contributed by atoms with van der Waals surface area (Å²) in [5, 5.41) is 44.8. The van der Waals surface area contributed by atoms with Crippen molar-refractivity contribution < 1.29 is 14.4 Å². The molecular weight excluding hydrogens is 394 g/mol. The smallest absolute Gasteiger partial charge is 0.257 e. The van der Waals surface area contributed by atoms with Crippen LogP contribution in [0.5, 0.6) is 0 Å². The standard InChI is InChI=1S/C24H19N3O4/c25-15-23(16-26)19(17-8-3-1-4-9-17)14-24(28,18-10-5-2-6-11-18)22(27(29)30)21(23)20-12-7-13-31-20/h1-13,19,21-22,28H,14H2/t19?,21-,22-,24-/m1/s1. The van der Waals surface area contributed by atoms with Gasteiger partial charge in [-0.1, -0.05) is 60.7 Å². The van der Waals surface area contributed by atoms with Gasteiger partial charge in [-0.25, -0.2) is 0 Å². The SMILES string of the molecule is N#CC1(C#N)C(c2ccccc2)C[C@@](O)(c2ccccc2)[C@H]([N+](=O)[O-])[C@H]1c1ccco1. The number of furan rings is 1. The highest BCUT2D eigenvalue weighted by molar-refractivity contribution is 5.42. The van der Waals surface area contributed by atoms with E-state index in [1.165, 1.54) is 12.3 Å². The lowest BCUT2D eigenvalue weighted by Gasteiger charge is -2.48. The molecule has 1 aromatic heterocycles. The minimum Gasteiger partial charge on any atom is -0.469 e. The molecule has 4 rings (SSSR count). The van der Waals surface area contributed by atoms with Gasteiger partial charge in [-0.2, -0.15) is 10.5 Å². The number of aliphatic hydroxyl groups is 1. The van der Waals surface area contributed by atoms with Crippen molar-refractivity contribution in [1.29, 1.82) is 10.5 Å². The van der Waals surface area contributed by atoms with E-state index in [0.717, 1.165) is 0 Å². The van der Waals surface area contributed by atoms with Crippen LogP contribution in [0.2, 0.25) is 0 Å². The first-order valence-corrected chi connectivity index (χ1v) is 9.80. The molecule has 0 radical (unpaired) electrons. The third kappa shape index (κ3) is 3.07. The molecule has 1 fully saturated rings. The van der Waals surface area contributed by atoms with Gasteiger partial charge < -0.3 is 9.52 Å². The summed E-state index contributed by atoms with van der Waals surface area (Å²) in [5.41, 5.74) is -2.74. The number of nitro groups is 1. The van der Waals surface area contributed by atoms with E-state index in [0.29, 0.717) is 11.1 Å². The molecule has 1 aliphatic carbocycles. The average molecular weight is 413 g/mol. The molecule has 7 heteroatoms. The van der Waals surface area contributed by atoms with E-state index in [2.05, 4.69) is 12.1 Å². The number of hydrogen-bond acceptors (Lipinski definition) is 6. The van der Waals surface area contributed by atoms with E-state index in [4.69, 9.17) is 4.42 Å². The van der Waals surface area contributed by atoms with Crippen molar-refractivity contribution in [3.63, 3.8) is 0 Å². The number of rotatable bonds is 4. The molecule has 3 aromatic rings. The highest BCUT2D eigenvalue weighted by atomic mass is 16.6. The van der Waals surface area contributed by atoms with E-state index < -0.39 is 33.8 Å². The van der Waals surface area contributed by atoms with Crippen LogP contribution in [-0.2, 0) is 5.60 Å². The van der Waals surface area contributed by atoms with Gasteiger partial charge in [-0.05, 0) is 29.7 Å². The summed E-state index contributed by atoms with van der Waals surface area (Å²) in [4.78, 5) is 11.8. The molecule has 0 amide bonds. The molecule has 0 aliphatic heterocycles. The summed E-state index contributed by atoms with van der Waals surface area (Å²) in [6.07, 6.45) is 1.19. The lowest BCUT2D eigenvalue weighted by Crippen LogP contribution is -2.59. The Balaban J connectivity index is 2.04. The molecule has 1 saturated carbocycles. The van der Waals surface area contributed by atoms with Gasteiger partial charge in [0.2, 0.25) is 0 Å². The minimum atomic E-state index is -1.93. The number of nitrogens with zero attached hydrogens (tertiary/aromatic N) is 3. The molecule has 7 nitrogen and oxygen atoms in total. The first-order chi connectivity index (χ1) is 15.0. The maximum absolute atomic E-state index is 12.4. The van der Waals surface area contributed by atoms with E-state index in [1.54, 1.807) is 66.7 Å². The van der Waals surface area contributed by atoms with E-state index >= 15 is 0 Å². The topological polar surface area (TPSA) is 124 Å². The van der Waals surface area contributed by atoms with Gasteiger partial charge in [0.25, 0.3) is 6.04 Å². The van der Waals surface area contributed by atoms with Gasteiger partial charge in [0.15, 0.2) is 11.0 Å². The molecule has 1 N–H and O–H groups in total. The van der Waals surface area contributed by atoms with Crippen LogP contribution in [0.4, 0.5) is 0 Å². The Bertz CT molecular complexity index is 1140. The molecule has 1 heterocycles. The van der Waals surface area contributed by atoms with E-state index in [1.807, 2.05) is 0 Å². The largest absolute Gasteiger partial charge is 0.469 e. The zero-order valence-corrected chi connectivity index (χ0v) is 16.5. The van der Waals surface area contributed by atoms with Crippen molar-refractivity contribution in [3.05, 3.63) is 106 Å². The first kappa shape index (κ1) is 20.3. The molecule has 1 unspecified atom stereocenters. The maximum atomic E-state index is 12.4. The van der Waals surface area contributed by atoms with Gasteiger partial charge in [-0.15, -0.1) is 0 Å². The number of benzene rings is 2. The van der Waals surface area contributed by atoms with E-state index in [9.17, 15) is 25.7 Å². The molecule has 0 saturated heterocycles. The Morgan fingerprint density at radius 2 is 1.61 bits per heavy atom. The lowest BCUT2D eigenvalue weighted by molar-refractivity contribution is -0.560. The molecule has 1 aliphatic rings. The van der Waals surface area contributed by atoms with Crippen LogP contribution in [0.15, 0.2) is 83.5 Å². The fourth-order valence-corrected chi connectivity index (χ4v) is 4.88. The van der Waals surface area contributed by atoms with Crippen LogP contribution >= 0.6 is 0 Å². The second kappa shape index (κ2) is 7.71. The highest BCUT2D eigenvalue weighted by Crippen LogP contribution is 2.60. The van der Waals surface area contributed by atoms with Crippen molar-refractivity contribution in [2.24, 2.45) is 5.41 Å². The van der Waals surface area contributed by atoms with Crippen molar-refractivity contribution in [3.8, 4) is 12.1 Å². The molecule has 4 atom stereocenters. The molecule has 154 valence electrons.